The molecule has 1 aliphatic carbocycles. The summed E-state index contributed by atoms with van der Waals surface area (Å²) in [6.45, 7) is 3.91. The van der Waals surface area contributed by atoms with Crippen LogP contribution in [-0.2, 0) is 0 Å². The molecule has 2 N–H and O–H groups in total. The third-order valence-corrected chi connectivity index (χ3v) is 4.36. The van der Waals surface area contributed by atoms with Gasteiger partial charge in [0.1, 0.15) is 0 Å². The lowest BCUT2D eigenvalue weighted by atomic mass is 9.64. The normalized spacial score (nSPS) is 23.4. The fourth-order valence-electron chi connectivity index (χ4n) is 2.55. The van der Waals surface area contributed by atoms with Crippen molar-refractivity contribution in [1.29, 1.82) is 0 Å². The van der Waals surface area contributed by atoms with E-state index in [1.807, 2.05) is 44.2 Å². The van der Waals surface area contributed by atoms with Crippen LogP contribution >= 0.6 is 0 Å². The maximum atomic E-state index is 12.2. The molecule has 1 saturated carbocycles. The van der Waals surface area contributed by atoms with E-state index in [0.29, 0.717) is 12.1 Å². The minimum Gasteiger partial charge on any atom is -0.392 e. The van der Waals surface area contributed by atoms with Gasteiger partial charge >= 0.3 is 0 Å². The summed E-state index contributed by atoms with van der Waals surface area (Å²) in [7, 11) is 0. The predicted octanol–water partition coefficient (Wildman–Crippen LogP) is 1.76. The number of hydrogen-bond acceptors (Lipinski definition) is 3. The number of aromatic nitrogens is 2. The highest BCUT2D eigenvalue weighted by atomic mass is 16.3. The van der Waals surface area contributed by atoms with Crippen molar-refractivity contribution in [3.8, 4) is 5.69 Å². The van der Waals surface area contributed by atoms with E-state index in [-0.39, 0.29) is 23.5 Å². The van der Waals surface area contributed by atoms with Crippen LogP contribution in [0.3, 0.4) is 0 Å². The number of benzene rings is 1. The molecule has 1 heterocycles. The largest absolute Gasteiger partial charge is 0.392 e. The minimum absolute atomic E-state index is 0.0122. The van der Waals surface area contributed by atoms with E-state index < -0.39 is 0 Å². The van der Waals surface area contributed by atoms with Gasteiger partial charge in [0.05, 0.1) is 11.8 Å². The number of carbonyl (C=O) groups excluding carboxylic acids is 1. The molecule has 1 amide bonds. The van der Waals surface area contributed by atoms with E-state index in [2.05, 4.69) is 10.4 Å². The van der Waals surface area contributed by atoms with Crippen LogP contribution in [0.15, 0.2) is 42.6 Å². The van der Waals surface area contributed by atoms with Crippen molar-refractivity contribution in [1.82, 2.24) is 15.1 Å². The Bertz CT molecular complexity index is 649. The topological polar surface area (TPSA) is 67.2 Å². The fraction of sp³-hybridized carbons (Fsp3) is 0.375. The number of amides is 1. The van der Waals surface area contributed by atoms with Crippen molar-refractivity contribution >= 4 is 5.91 Å². The lowest BCUT2D eigenvalue weighted by molar-refractivity contribution is -0.0690. The molecule has 5 nitrogen and oxygen atoms in total. The number of aliphatic hydroxyl groups excluding tert-OH is 1. The van der Waals surface area contributed by atoms with Gasteiger partial charge in [0, 0.05) is 17.7 Å². The van der Waals surface area contributed by atoms with Crippen LogP contribution in [-0.4, -0.2) is 32.9 Å². The van der Waals surface area contributed by atoms with Crippen LogP contribution in [0, 0.1) is 5.41 Å². The van der Waals surface area contributed by atoms with Crippen molar-refractivity contribution in [3.63, 3.8) is 0 Å². The van der Waals surface area contributed by atoms with Gasteiger partial charge < -0.3 is 10.4 Å². The first-order valence-corrected chi connectivity index (χ1v) is 7.08. The molecule has 2 atom stereocenters. The number of para-hydroxylation sites is 1. The molecule has 2 unspecified atom stereocenters. The number of aliphatic hydroxyl groups is 1. The van der Waals surface area contributed by atoms with Gasteiger partial charge in [-0.05, 0) is 24.6 Å². The Morgan fingerprint density at radius 3 is 2.67 bits per heavy atom. The Morgan fingerprint density at radius 1 is 1.33 bits per heavy atom. The average molecular weight is 285 g/mol. The van der Waals surface area contributed by atoms with Crippen LogP contribution in [0.5, 0.6) is 0 Å². The highest BCUT2D eigenvalue weighted by Crippen LogP contribution is 2.40. The lowest BCUT2D eigenvalue weighted by Crippen LogP contribution is -2.61. The van der Waals surface area contributed by atoms with Crippen molar-refractivity contribution < 1.29 is 9.90 Å². The van der Waals surface area contributed by atoms with Gasteiger partial charge in [-0.1, -0.05) is 32.0 Å². The molecule has 1 aromatic heterocycles. The van der Waals surface area contributed by atoms with Crippen molar-refractivity contribution in [3.05, 3.63) is 48.3 Å². The van der Waals surface area contributed by atoms with Gasteiger partial charge in [0.25, 0.3) is 5.91 Å². The molecule has 110 valence electrons. The predicted molar refractivity (Wildman–Crippen MR) is 79.2 cm³/mol. The number of carbonyl (C=O) groups is 1. The van der Waals surface area contributed by atoms with E-state index in [1.165, 1.54) is 0 Å². The van der Waals surface area contributed by atoms with E-state index in [9.17, 15) is 9.90 Å². The van der Waals surface area contributed by atoms with Crippen LogP contribution in [0.25, 0.3) is 5.69 Å². The Balaban J connectivity index is 1.71. The summed E-state index contributed by atoms with van der Waals surface area (Å²) >= 11 is 0. The molecule has 0 spiro atoms. The third kappa shape index (κ3) is 2.45. The third-order valence-electron chi connectivity index (χ3n) is 4.36. The SMILES string of the molecule is CC1(C)C(O)CC1NC(=O)c1ccn(-c2ccccc2)n1. The van der Waals surface area contributed by atoms with E-state index in [0.717, 1.165) is 5.69 Å². The zero-order chi connectivity index (χ0) is 15.0. The fourth-order valence-corrected chi connectivity index (χ4v) is 2.55. The molecular weight excluding hydrogens is 266 g/mol. The van der Waals surface area contributed by atoms with Crippen molar-refractivity contribution in [2.24, 2.45) is 5.41 Å². The smallest absolute Gasteiger partial charge is 0.272 e. The first kappa shape index (κ1) is 13.8. The number of hydrogen-bond donors (Lipinski definition) is 2. The summed E-state index contributed by atoms with van der Waals surface area (Å²) in [5, 5.41) is 17.0. The highest BCUT2D eigenvalue weighted by molar-refractivity contribution is 5.92. The summed E-state index contributed by atoms with van der Waals surface area (Å²) in [6, 6.07) is 11.3. The van der Waals surface area contributed by atoms with Gasteiger partial charge in [-0.25, -0.2) is 4.68 Å². The first-order valence-electron chi connectivity index (χ1n) is 7.08. The van der Waals surface area contributed by atoms with E-state index in [4.69, 9.17) is 0 Å². The monoisotopic (exact) mass is 285 g/mol. The summed E-state index contributed by atoms with van der Waals surface area (Å²) in [5.74, 6) is -0.199. The van der Waals surface area contributed by atoms with Crippen molar-refractivity contribution in [2.45, 2.75) is 32.4 Å². The molecule has 1 aliphatic rings. The average Bonchev–Trinajstić information content (AvgIpc) is 2.98. The molecule has 0 bridgehead atoms. The van der Waals surface area contributed by atoms with Gasteiger partial charge in [-0.15, -0.1) is 0 Å². The molecule has 0 radical (unpaired) electrons. The Morgan fingerprint density at radius 2 is 2.05 bits per heavy atom. The van der Waals surface area contributed by atoms with Crippen LogP contribution in [0.2, 0.25) is 0 Å². The molecule has 2 aromatic rings. The summed E-state index contributed by atoms with van der Waals surface area (Å²) < 4.78 is 1.68. The van der Waals surface area contributed by atoms with Crippen LogP contribution < -0.4 is 5.32 Å². The maximum absolute atomic E-state index is 12.2. The van der Waals surface area contributed by atoms with Crippen molar-refractivity contribution in [2.75, 3.05) is 0 Å². The molecule has 21 heavy (non-hydrogen) atoms. The maximum Gasteiger partial charge on any atom is 0.272 e. The number of rotatable bonds is 3. The Kier molecular flexibility index (Phi) is 3.29. The number of nitrogens with zero attached hydrogens (tertiary/aromatic N) is 2. The highest BCUT2D eigenvalue weighted by Gasteiger charge is 2.48. The van der Waals surface area contributed by atoms with E-state index in [1.54, 1.807) is 16.9 Å². The quantitative estimate of drug-likeness (QED) is 0.903. The van der Waals surface area contributed by atoms with E-state index >= 15 is 0 Å². The summed E-state index contributed by atoms with van der Waals surface area (Å²) in [5.41, 5.74) is 1.02. The summed E-state index contributed by atoms with van der Waals surface area (Å²) in [4.78, 5) is 12.2. The Hall–Kier alpha value is -2.14. The second-order valence-electron chi connectivity index (χ2n) is 6.08. The minimum atomic E-state index is -0.357. The molecular formula is C16H19N3O2. The molecule has 1 aromatic carbocycles. The molecule has 3 rings (SSSR count). The second kappa shape index (κ2) is 5.00. The van der Waals surface area contributed by atoms with Gasteiger partial charge in [0.2, 0.25) is 0 Å². The van der Waals surface area contributed by atoms with Crippen LogP contribution in [0.4, 0.5) is 0 Å². The van der Waals surface area contributed by atoms with Gasteiger partial charge in [0.15, 0.2) is 5.69 Å². The number of nitrogens with one attached hydrogen (secondary N) is 1. The van der Waals surface area contributed by atoms with Gasteiger partial charge in [-0.3, -0.25) is 4.79 Å². The molecule has 1 fully saturated rings. The Labute approximate surface area is 123 Å². The van der Waals surface area contributed by atoms with Gasteiger partial charge in [-0.2, -0.15) is 5.10 Å². The first-order chi connectivity index (χ1) is 9.98. The zero-order valence-corrected chi connectivity index (χ0v) is 12.2. The standard InChI is InChI=1S/C16H19N3O2/c1-16(2)13(10-14(16)20)17-15(21)12-8-9-19(18-12)11-6-4-3-5-7-11/h3-9,13-14,20H,10H2,1-2H3,(H,17,21). The van der Waals surface area contributed by atoms with Crippen LogP contribution in [0.1, 0.15) is 30.8 Å². The summed E-state index contributed by atoms with van der Waals surface area (Å²) in [6.07, 6.45) is 2.01. The second-order valence-corrected chi connectivity index (χ2v) is 6.08. The zero-order valence-electron chi connectivity index (χ0n) is 12.2. The molecule has 5 heteroatoms. The molecule has 0 aliphatic heterocycles. The molecule has 0 saturated heterocycles. The lowest BCUT2D eigenvalue weighted by Gasteiger charge is -2.49.